The summed E-state index contributed by atoms with van der Waals surface area (Å²) in [6.45, 7) is 4.99. The Kier molecular flexibility index (Phi) is 6.00. The first-order chi connectivity index (χ1) is 17.8. The monoisotopic (exact) mass is 506 g/mol. The number of carbonyl (C=O) groups is 1. The van der Waals surface area contributed by atoms with Crippen LogP contribution in [0, 0.1) is 11.2 Å². The average molecular weight is 507 g/mol. The van der Waals surface area contributed by atoms with Crippen molar-refractivity contribution in [3.8, 4) is 16.9 Å². The molecule has 1 atom stereocenters. The molecule has 3 fully saturated rings. The molecule has 3 aromatic rings. The molecular weight excluding hydrogens is 475 g/mol. The van der Waals surface area contributed by atoms with Gasteiger partial charge in [-0.05, 0) is 61.8 Å². The first-order valence-electron chi connectivity index (χ1n) is 13.0. The van der Waals surface area contributed by atoms with E-state index in [9.17, 15) is 19.1 Å². The van der Waals surface area contributed by atoms with Crippen LogP contribution in [0.2, 0.25) is 0 Å². The second kappa shape index (κ2) is 9.22. The van der Waals surface area contributed by atoms with Crippen LogP contribution in [0.3, 0.4) is 0 Å². The van der Waals surface area contributed by atoms with Crippen molar-refractivity contribution in [2.45, 2.75) is 51.2 Å². The number of hydrogen-bond donors (Lipinski definition) is 2. The lowest BCUT2D eigenvalue weighted by atomic mass is 9.77. The highest BCUT2D eigenvalue weighted by molar-refractivity contribution is 6.02. The first kappa shape index (κ1) is 24.1. The Morgan fingerprint density at radius 1 is 1.22 bits per heavy atom. The normalized spacial score (nSPS) is 21.2. The molecule has 0 radical (unpaired) electrons. The number of morpholine rings is 1. The van der Waals surface area contributed by atoms with Crippen LogP contribution in [0.5, 0.6) is 5.75 Å². The van der Waals surface area contributed by atoms with Crippen molar-refractivity contribution in [1.29, 1.82) is 0 Å². The molecule has 3 aliphatic rings. The Hall–Kier alpha value is -3.30. The molecular formula is C28H31FN4O4. The Morgan fingerprint density at radius 2 is 1.97 bits per heavy atom. The fourth-order valence-corrected chi connectivity index (χ4v) is 5.78. The molecule has 1 aromatic carbocycles. The second-order valence-electron chi connectivity index (χ2n) is 10.8. The van der Waals surface area contributed by atoms with E-state index < -0.39 is 11.5 Å². The van der Waals surface area contributed by atoms with Gasteiger partial charge in [-0.1, -0.05) is 12.1 Å². The lowest BCUT2D eigenvalue weighted by Crippen LogP contribution is -2.47. The van der Waals surface area contributed by atoms with Gasteiger partial charge in [0.25, 0.3) is 11.5 Å². The maximum Gasteiger partial charge on any atom is 0.268 e. The number of benzene rings is 1. The number of nitrogens with one attached hydrogen (secondary N) is 1. The molecule has 8 nitrogen and oxygen atoms in total. The maximum atomic E-state index is 13.6. The van der Waals surface area contributed by atoms with Crippen LogP contribution in [0.25, 0.3) is 22.2 Å². The van der Waals surface area contributed by atoms with E-state index in [4.69, 9.17) is 4.74 Å². The van der Waals surface area contributed by atoms with Crippen molar-refractivity contribution in [2.24, 2.45) is 5.41 Å². The zero-order chi connectivity index (χ0) is 25.7. The van der Waals surface area contributed by atoms with Gasteiger partial charge < -0.3 is 15.2 Å². The number of aromatic hydroxyl groups is 1. The lowest BCUT2D eigenvalue weighted by molar-refractivity contribution is -0.00163. The molecule has 6 rings (SSSR count). The summed E-state index contributed by atoms with van der Waals surface area (Å²) in [5.74, 6) is -1.27. The number of halogens is 1. The Bertz CT molecular complexity index is 1410. The highest BCUT2D eigenvalue weighted by Gasteiger charge is 2.53. The number of hydrogen-bond acceptors (Lipinski definition) is 6. The Balaban J connectivity index is 1.39. The van der Waals surface area contributed by atoms with E-state index in [2.05, 4.69) is 22.1 Å². The minimum absolute atomic E-state index is 0.0239. The van der Waals surface area contributed by atoms with Gasteiger partial charge in [-0.3, -0.25) is 19.1 Å². The van der Waals surface area contributed by atoms with Gasteiger partial charge in [0.1, 0.15) is 22.8 Å². The topological polar surface area (TPSA) is 96.7 Å². The van der Waals surface area contributed by atoms with Gasteiger partial charge in [0.05, 0.1) is 18.6 Å². The van der Waals surface area contributed by atoms with E-state index in [1.54, 1.807) is 24.4 Å². The molecule has 2 aliphatic carbocycles. The average Bonchev–Trinajstić information content (AvgIpc) is 3.66. The molecule has 2 N–H and O–H groups in total. The predicted octanol–water partition coefficient (Wildman–Crippen LogP) is 3.30. The summed E-state index contributed by atoms with van der Waals surface area (Å²) in [5, 5.41) is 14.5. The van der Waals surface area contributed by atoms with E-state index >= 15 is 0 Å². The molecule has 194 valence electrons. The van der Waals surface area contributed by atoms with Crippen molar-refractivity contribution in [1.82, 2.24) is 19.8 Å². The zero-order valence-corrected chi connectivity index (χ0v) is 20.9. The van der Waals surface area contributed by atoms with E-state index in [-0.39, 0.29) is 29.2 Å². The number of nitrogens with zero attached hydrogens (tertiary/aromatic N) is 3. The van der Waals surface area contributed by atoms with Gasteiger partial charge in [-0.25, -0.2) is 9.37 Å². The number of carbonyl (C=O) groups excluding carboxylic acids is 1. The second-order valence-corrected chi connectivity index (χ2v) is 10.8. The van der Waals surface area contributed by atoms with Crippen LogP contribution in [0.4, 0.5) is 4.39 Å². The van der Waals surface area contributed by atoms with Crippen molar-refractivity contribution in [2.75, 3.05) is 26.3 Å². The van der Waals surface area contributed by atoms with Gasteiger partial charge in [0.15, 0.2) is 0 Å². The third-order valence-corrected chi connectivity index (χ3v) is 8.25. The Labute approximate surface area is 214 Å². The lowest BCUT2D eigenvalue weighted by Gasteiger charge is -2.36. The first-order valence-corrected chi connectivity index (χ1v) is 13.0. The molecule has 1 spiro atoms. The third kappa shape index (κ3) is 4.51. The molecule has 1 unspecified atom stereocenters. The van der Waals surface area contributed by atoms with Crippen LogP contribution in [0.1, 0.15) is 43.0 Å². The quantitative estimate of drug-likeness (QED) is 0.533. The number of fused-ring (bicyclic) bond motifs is 1. The van der Waals surface area contributed by atoms with Crippen LogP contribution >= 0.6 is 0 Å². The summed E-state index contributed by atoms with van der Waals surface area (Å²) >= 11 is 0. The van der Waals surface area contributed by atoms with Gasteiger partial charge in [0.2, 0.25) is 0 Å². The van der Waals surface area contributed by atoms with Crippen LogP contribution in [-0.2, 0) is 11.3 Å². The number of pyridine rings is 2. The van der Waals surface area contributed by atoms with Crippen LogP contribution in [0.15, 0.2) is 41.3 Å². The minimum atomic E-state index is -0.550. The maximum absolute atomic E-state index is 13.6. The van der Waals surface area contributed by atoms with E-state index in [0.717, 1.165) is 19.4 Å². The highest BCUT2D eigenvalue weighted by atomic mass is 19.1. The number of aromatic nitrogens is 2. The molecule has 0 bridgehead atoms. The SMILES string of the molecule is CC1COCCN1CCn1c(=O)c(C(=O)NC2CC3(CC3)C2)c(O)c2cc(-c3ccc(F)cc3)cnc21. The van der Waals surface area contributed by atoms with Gasteiger partial charge in [0, 0.05) is 43.5 Å². The fourth-order valence-electron chi connectivity index (χ4n) is 5.78. The standard InChI is InChI=1S/C28H31FN4O4/c1-17-16-37-11-10-32(17)8-9-33-25-22(12-19(15-30-25)18-2-4-20(29)5-3-18)24(34)23(27(33)36)26(35)31-21-13-28(14-21)6-7-28/h2-5,12,15,17,21,34H,6-11,13-14,16H2,1H3,(H,31,35). The summed E-state index contributed by atoms with van der Waals surface area (Å²) in [6.07, 6.45) is 5.85. The number of ether oxygens (including phenoxy) is 1. The van der Waals surface area contributed by atoms with Crippen LogP contribution < -0.4 is 10.9 Å². The molecule has 1 amide bonds. The van der Waals surface area contributed by atoms with Gasteiger partial charge in [-0.15, -0.1) is 0 Å². The summed E-state index contributed by atoms with van der Waals surface area (Å²) in [4.78, 5) is 33.7. The van der Waals surface area contributed by atoms with Crippen molar-refractivity contribution >= 4 is 16.9 Å². The van der Waals surface area contributed by atoms with Crippen molar-refractivity contribution in [3.05, 3.63) is 58.3 Å². The summed E-state index contributed by atoms with van der Waals surface area (Å²) in [7, 11) is 0. The van der Waals surface area contributed by atoms with Crippen LogP contribution in [-0.4, -0.2) is 63.9 Å². The summed E-state index contributed by atoms with van der Waals surface area (Å²) in [5.41, 5.74) is 1.27. The highest BCUT2D eigenvalue weighted by Crippen LogP contribution is 2.60. The van der Waals surface area contributed by atoms with Crippen molar-refractivity contribution < 1.29 is 19.0 Å². The van der Waals surface area contributed by atoms with E-state index in [1.807, 2.05) is 0 Å². The molecule has 2 saturated carbocycles. The third-order valence-electron chi connectivity index (χ3n) is 8.25. The molecule has 9 heteroatoms. The number of rotatable bonds is 6. The van der Waals surface area contributed by atoms with Gasteiger partial charge in [-0.2, -0.15) is 0 Å². The van der Waals surface area contributed by atoms with E-state index in [1.165, 1.54) is 29.5 Å². The summed E-state index contributed by atoms with van der Waals surface area (Å²) in [6, 6.07) is 7.91. The minimum Gasteiger partial charge on any atom is -0.506 e. The smallest absolute Gasteiger partial charge is 0.268 e. The fraction of sp³-hybridized carbons (Fsp3) is 0.464. The zero-order valence-electron chi connectivity index (χ0n) is 20.9. The van der Waals surface area contributed by atoms with E-state index in [0.29, 0.717) is 53.9 Å². The molecule has 1 aliphatic heterocycles. The molecule has 37 heavy (non-hydrogen) atoms. The molecule has 3 heterocycles. The molecule has 1 saturated heterocycles. The number of amides is 1. The van der Waals surface area contributed by atoms with Crippen molar-refractivity contribution in [3.63, 3.8) is 0 Å². The molecule has 2 aromatic heterocycles. The largest absolute Gasteiger partial charge is 0.506 e. The van der Waals surface area contributed by atoms with Gasteiger partial charge >= 0.3 is 0 Å². The predicted molar refractivity (Wildman–Crippen MR) is 137 cm³/mol. The Morgan fingerprint density at radius 3 is 2.68 bits per heavy atom. The summed E-state index contributed by atoms with van der Waals surface area (Å²) < 4.78 is 20.5.